The minimum absolute atomic E-state index is 0.0225. The van der Waals surface area contributed by atoms with Crippen LogP contribution >= 0.6 is 0 Å². The predicted octanol–water partition coefficient (Wildman–Crippen LogP) is -14.0. The molecule has 67 heavy (non-hydrogen) atoms. The minimum Gasteiger partial charge on any atom is -0.394 e. The maximum atomic E-state index is 10.9. The van der Waals surface area contributed by atoms with Gasteiger partial charge in [-0.2, -0.15) is 0 Å². The Labute approximate surface area is 379 Å². The molecule has 5 heterocycles. The van der Waals surface area contributed by atoms with Gasteiger partial charge in [0.25, 0.3) is 0 Å². The highest BCUT2D eigenvalue weighted by Gasteiger charge is 2.54. The van der Waals surface area contributed by atoms with Crippen LogP contribution in [0, 0.1) is 0 Å². The zero-order chi connectivity index (χ0) is 49.9. The lowest BCUT2D eigenvalue weighted by molar-refractivity contribution is -0.373. The van der Waals surface area contributed by atoms with E-state index in [-0.39, 0.29) is 5.57 Å². The molecule has 392 valence electrons. The van der Waals surface area contributed by atoms with Gasteiger partial charge in [-0.3, -0.25) is 0 Å². The summed E-state index contributed by atoms with van der Waals surface area (Å²) in [5.74, 6) is 0. The third kappa shape index (κ3) is 12.1. The van der Waals surface area contributed by atoms with E-state index in [2.05, 4.69) is 5.32 Å². The van der Waals surface area contributed by atoms with Gasteiger partial charge in [0.2, 0.25) is 0 Å². The van der Waals surface area contributed by atoms with Crippen molar-refractivity contribution < 1.29 is 145 Å². The quantitative estimate of drug-likeness (QED) is 0.0762. The summed E-state index contributed by atoms with van der Waals surface area (Å²) in [6, 6.07) is -2.17. The maximum absolute atomic E-state index is 10.9. The van der Waals surface area contributed by atoms with Crippen LogP contribution in [-0.2, 0) is 37.9 Å². The fourth-order valence-electron chi connectivity index (χ4n) is 8.38. The molecular weight excluding hydrogens is 922 g/mol. The van der Waals surface area contributed by atoms with Crippen LogP contribution in [0.2, 0.25) is 0 Å². The Bertz CT molecular complexity index is 1530. The van der Waals surface area contributed by atoms with Gasteiger partial charge in [-0.25, -0.2) is 0 Å². The Morgan fingerprint density at radius 3 is 1.25 bits per heavy atom. The Balaban J connectivity index is 0.000000306. The van der Waals surface area contributed by atoms with Crippen molar-refractivity contribution in [2.75, 3.05) is 33.0 Å². The Morgan fingerprint density at radius 2 is 0.806 bits per heavy atom. The summed E-state index contributed by atoms with van der Waals surface area (Å²) in [6.45, 7) is -2.10. The van der Waals surface area contributed by atoms with E-state index < -0.39 is 211 Å². The molecule has 5 saturated heterocycles. The van der Waals surface area contributed by atoms with Gasteiger partial charge in [-0.05, 0) is 12.5 Å². The molecular formula is C37H65NO29. The standard InChI is InChI=1S/C25H43NO18.C12H22O11/c1-6-11(26-8-2-7(3-27)12(30)15(33)13(8)31)14(32)19(37)24(40-6)43-22-10(5-29)42-25(20(38)17(22)35)44-21-9(4-28)41-23(39)18(36)16(21)34;13-1-3-5(15)6(16)9(19)12(22-3)23-10-4(2-14)21-11(20)8(18)7(10)17/h2,6,8-39H,3-5H2,1H3;3-20H,1-2H2/t6-,8+,9-,10-,11-,12-,13+,14+,15+,16-,17-,18-,19-,20-,21-,22-,23-,24-,25-;3-,4-,5-,6+,7-,8-,9-,10-,11-,12-/m11/s1. The van der Waals surface area contributed by atoms with Gasteiger partial charge >= 0.3 is 0 Å². The van der Waals surface area contributed by atoms with Crippen molar-refractivity contribution in [3.63, 3.8) is 0 Å². The number of nitrogens with one attached hydrogen (secondary N) is 1. The first-order valence-corrected chi connectivity index (χ1v) is 21.2. The summed E-state index contributed by atoms with van der Waals surface area (Å²) < 4.78 is 42.6. The molecule has 22 N–H and O–H groups in total. The largest absolute Gasteiger partial charge is 0.394 e. The summed E-state index contributed by atoms with van der Waals surface area (Å²) >= 11 is 0. The number of ether oxygens (including phenoxy) is 8. The number of hydrogen-bond acceptors (Lipinski definition) is 30. The van der Waals surface area contributed by atoms with Gasteiger partial charge in [0, 0.05) is 0 Å². The molecule has 5 aliphatic heterocycles. The van der Waals surface area contributed by atoms with Crippen molar-refractivity contribution in [3.05, 3.63) is 11.6 Å². The molecule has 30 nitrogen and oxygen atoms in total. The number of hydrogen-bond donors (Lipinski definition) is 22. The van der Waals surface area contributed by atoms with Crippen molar-refractivity contribution in [1.29, 1.82) is 0 Å². The van der Waals surface area contributed by atoms with Crippen LogP contribution in [0.1, 0.15) is 6.92 Å². The topological polar surface area (TPSA) is 511 Å². The van der Waals surface area contributed by atoms with E-state index in [4.69, 9.17) is 43.0 Å². The molecule has 0 unspecified atom stereocenters. The average molecular weight is 988 g/mol. The zero-order valence-electron chi connectivity index (χ0n) is 35.5. The molecule has 0 aromatic carbocycles. The van der Waals surface area contributed by atoms with E-state index in [1.807, 2.05) is 0 Å². The van der Waals surface area contributed by atoms with Gasteiger partial charge in [0.05, 0.1) is 51.2 Å². The summed E-state index contributed by atoms with van der Waals surface area (Å²) in [5.41, 5.74) is 0.0225. The molecule has 0 aromatic rings. The monoisotopic (exact) mass is 987 g/mol. The van der Waals surface area contributed by atoms with Crippen molar-refractivity contribution >= 4 is 0 Å². The molecule has 1 aliphatic carbocycles. The Kier molecular flexibility index (Phi) is 20.5. The normalized spacial score (nSPS) is 51.9. The summed E-state index contributed by atoms with van der Waals surface area (Å²) in [7, 11) is 0. The second kappa shape index (κ2) is 24.3. The first-order valence-electron chi connectivity index (χ1n) is 21.2. The summed E-state index contributed by atoms with van der Waals surface area (Å²) in [6.07, 6.45) is -42.1. The highest BCUT2D eigenvalue weighted by atomic mass is 16.8. The molecule has 0 radical (unpaired) electrons. The van der Waals surface area contributed by atoms with Crippen LogP contribution in [-0.4, -0.2) is 318 Å². The maximum Gasteiger partial charge on any atom is 0.187 e. The summed E-state index contributed by atoms with van der Waals surface area (Å²) in [5, 5.41) is 212. The number of rotatable bonds is 13. The first kappa shape index (κ1) is 56.5. The second-order valence-corrected chi connectivity index (χ2v) is 16.9. The molecule has 6 aliphatic rings. The van der Waals surface area contributed by atoms with Crippen molar-refractivity contribution in [3.8, 4) is 0 Å². The lowest BCUT2D eigenvalue weighted by atomic mass is 9.86. The lowest BCUT2D eigenvalue weighted by Gasteiger charge is -2.48. The highest BCUT2D eigenvalue weighted by molar-refractivity contribution is 5.22. The molecule has 29 atom stereocenters. The number of aliphatic hydroxyl groups excluding tert-OH is 21. The Hall–Kier alpha value is -1.46. The van der Waals surface area contributed by atoms with Crippen molar-refractivity contribution in [1.82, 2.24) is 5.32 Å². The fraction of sp³-hybridized carbons (Fsp3) is 0.946. The first-order chi connectivity index (χ1) is 31.6. The van der Waals surface area contributed by atoms with Gasteiger partial charge in [-0.1, -0.05) is 6.08 Å². The fourth-order valence-corrected chi connectivity index (χ4v) is 8.38. The molecule has 5 fully saturated rings. The number of aliphatic hydroxyl groups is 21. The summed E-state index contributed by atoms with van der Waals surface area (Å²) in [4.78, 5) is 0. The third-order valence-corrected chi connectivity index (χ3v) is 12.5. The van der Waals surface area contributed by atoms with E-state index in [1.165, 1.54) is 13.0 Å². The van der Waals surface area contributed by atoms with Crippen molar-refractivity contribution in [2.45, 2.75) is 185 Å². The van der Waals surface area contributed by atoms with Crippen LogP contribution < -0.4 is 5.32 Å². The van der Waals surface area contributed by atoms with E-state index >= 15 is 0 Å². The molecule has 6 rings (SSSR count). The molecule has 0 aromatic heterocycles. The molecule has 0 spiro atoms. The predicted molar refractivity (Wildman–Crippen MR) is 206 cm³/mol. The molecule has 0 bridgehead atoms. The van der Waals surface area contributed by atoms with E-state index in [1.54, 1.807) is 0 Å². The zero-order valence-corrected chi connectivity index (χ0v) is 35.5. The second-order valence-electron chi connectivity index (χ2n) is 16.9. The van der Waals surface area contributed by atoms with E-state index in [0.29, 0.717) is 0 Å². The van der Waals surface area contributed by atoms with E-state index in [0.717, 1.165) is 0 Å². The van der Waals surface area contributed by atoms with Crippen molar-refractivity contribution in [2.24, 2.45) is 0 Å². The third-order valence-electron chi connectivity index (χ3n) is 12.5. The minimum atomic E-state index is -1.93. The molecule has 0 amide bonds. The van der Waals surface area contributed by atoms with Crippen LogP contribution in [0.25, 0.3) is 0 Å². The highest BCUT2D eigenvalue weighted by Crippen LogP contribution is 2.34. The van der Waals surface area contributed by atoms with Crippen LogP contribution in [0.3, 0.4) is 0 Å². The van der Waals surface area contributed by atoms with Gasteiger partial charge in [0.15, 0.2) is 31.5 Å². The van der Waals surface area contributed by atoms with E-state index in [9.17, 15) is 102 Å². The lowest BCUT2D eigenvalue weighted by Crippen LogP contribution is -2.68. The van der Waals surface area contributed by atoms with Gasteiger partial charge in [0.1, 0.15) is 128 Å². The van der Waals surface area contributed by atoms with Gasteiger partial charge < -0.3 is 150 Å². The SMILES string of the molecule is C[C@H]1O[C@H](O[C@H]2[C@H](O)[C@@H](O)[C@@H](O[C@H]3[C@H](O)[C@@H](O)[C@H](O)O[C@@H]3CO)O[C@@H]2CO)[C@H](O)[C@@H](O)[C@@H]1N[C@H]1C=C(CO)[C@@H](O)[C@H](O)[C@H]1O.OC[C@H]1O[C@H](O[C@H]2[C@H](O)[C@@H](O)[C@H](O)O[C@@H]2CO)[C@H](O)[C@@H](O)[C@@H]1O. The molecule has 0 saturated carbocycles. The Morgan fingerprint density at radius 1 is 0.418 bits per heavy atom. The van der Waals surface area contributed by atoms with Gasteiger partial charge in [-0.15, -0.1) is 0 Å². The van der Waals surface area contributed by atoms with Crippen LogP contribution in [0.5, 0.6) is 0 Å². The van der Waals surface area contributed by atoms with Crippen LogP contribution in [0.15, 0.2) is 11.6 Å². The average Bonchev–Trinajstić information content (AvgIpc) is 3.31. The smallest absolute Gasteiger partial charge is 0.187 e. The molecule has 30 heteroatoms. The van der Waals surface area contributed by atoms with Crippen LogP contribution in [0.4, 0.5) is 0 Å².